The Morgan fingerprint density at radius 3 is 1.79 bits per heavy atom. The number of benzene rings is 2. The summed E-state index contributed by atoms with van der Waals surface area (Å²) < 4.78 is 11.1. The molecule has 174 valence electrons. The van der Waals surface area contributed by atoms with Gasteiger partial charge in [-0.1, -0.05) is 19.1 Å². The topological polar surface area (TPSA) is 62.3 Å². The molecule has 0 unspecified atom stereocenters. The van der Waals surface area contributed by atoms with Crippen LogP contribution in [0.15, 0.2) is 54.2 Å². The summed E-state index contributed by atoms with van der Waals surface area (Å²) in [5, 5.41) is 0. The average Bonchev–Trinajstić information content (AvgIpc) is 3.10. The summed E-state index contributed by atoms with van der Waals surface area (Å²) in [5.41, 5.74) is 2.19. The van der Waals surface area contributed by atoms with Gasteiger partial charge in [-0.3, -0.25) is 9.59 Å². The first kappa shape index (κ1) is 22.9. The number of nitrogens with zero attached hydrogens (tertiary/aromatic N) is 3. The van der Waals surface area contributed by atoms with E-state index in [0.717, 1.165) is 30.9 Å². The second-order valence-electron chi connectivity index (χ2n) is 7.97. The van der Waals surface area contributed by atoms with Crippen LogP contribution < -0.4 is 14.4 Å². The van der Waals surface area contributed by atoms with Crippen molar-refractivity contribution in [1.29, 1.82) is 0 Å². The van der Waals surface area contributed by atoms with Crippen LogP contribution in [0.4, 0.5) is 5.69 Å². The monoisotopic (exact) mass is 449 g/mol. The summed E-state index contributed by atoms with van der Waals surface area (Å²) in [6.45, 7) is 11.2. The molecule has 0 saturated carbocycles. The molecule has 0 atom stereocenters. The van der Waals surface area contributed by atoms with E-state index in [1.807, 2.05) is 38.1 Å². The molecule has 2 aromatic carbocycles. The molecular weight excluding hydrogens is 418 g/mol. The lowest BCUT2D eigenvalue weighted by Gasteiger charge is -2.36. The van der Waals surface area contributed by atoms with E-state index in [9.17, 15) is 9.59 Å². The van der Waals surface area contributed by atoms with Crippen LogP contribution in [0.2, 0.25) is 0 Å². The fourth-order valence-electron chi connectivity index (χ4n) is 4.34. The predicted molar refractivity (Wildman–Crippen MR) is 128 cm³/mol. The minimum Gasteiger partial charge on any atom is -0.494 e. The number of rotatable bonds is 8. The third-order valence-corrected chi connectivity index (χ3v) is 6.06. The van der Waals surface area contributed by atoms with Crippen LogP contribution in [0.1, 0.15) is 26.3 Å². The Morgan fingerprint density at radius 2 is 1.27 bits per heavy atom. The number of likely N-dealkylation sites (N-methyl/N-ethyl adjacent to an activating group) is 1. The number of hydrogen-bond acceptors (Lipinski definition) is 6. The molecule has 7 heteroatoms. The number of carbonyl (C=O) groups is 2. The summed E-state index contributed by atoms with van der Waals surface area (Å²) in [4.78, 5) is 33.0. The van der Waals surface area contributed by atoms with Crippen molar-refractivity contribution in [2.45, 2.75) is 20.8 Å². The molecule has 0 radical (unpaired) electrons. The van der Waals surface area contributed by atoms with Crippen molar-refractivity contribution in [1.82, 2.24) is 9.80 Å². The van der Waals surface area contributed by atoms with E-state index in [4.69, 9.17) is 9.47 Å². The molecule has 33 heavy (non-hydrogen) atoms. The Balaban J connectivity index is 1.71. The lowest BCUT2D eigenvalue weighted by atomic mass is 10.0. The maximum Gasteiger partial charge on any atom is 0.282 e. The minimum atomic E-state index is -0.304. The van der Waals surface area contributed by atoms with Crippen molar-refractivity contribution in [3.05, 3.63) is 59.8 Å². The van der Waals surface area contributed by atoms with Gasteiger partial charge >= 0.3 is 0 Å². The fourth-order valence-corrected chi connectivity index (χ4v) is 4.34. The van der Waals surface area contributed by atoms with E-state index in [-0.39, 0.29) is 11.8 Å². The Labute approximate surface area is 195 Å². The molecule has 1 saturated heterocycles. The van der Waals surface area contributed by atoms with Gasteiger partial charge in [-0.15, -0.1) is 0 Å². The molecule has 0 bridgehead atoms. The highest BCUT2D eigenvalue weighted by atomic mass is 16.5. The first-order valence-corrected chi connectivity index (χ1v) is 11.6. The van der Waals surface area contributed by atoms with Crippen LogP contribution >= 0.6 is 0 Å². The number of amides is 2. The molecule has 4 rings (SSSR count). The molecule has 0 aliphatic carbocycles. The van der Waals surface area contributed by atoms with E-state index >= 15 is 0 Å². The Bertz CT molecular complexity index is 1020. The van der Waals surface area contributed by atoms with E-state index < -0.39 is 0 Å². The molecule has 2 aromatic rings. The van der Waals surface area contributed by atoms with Gasteiger partial charge in [0.15, 0.2) is 0 Å². The third kappa shape index (κ3) is 4.59. The van der Waals surface area contributed by atoms with Crippen LogP contribution in [-0.4, -0.2) is 67.6 Å². The van der Waals surface area contributed by atoms with E-state index in [1.165, 1.54) is 4.90 Å². The average molecular weight is 450 g/mol. The van der Waals surface area contributed by atoms with Crippen LogP contribution in [-0.2, 0) is 9.59 Å². The lowest BCUT2D eigenvalue weighted by Crippen LogP contribution is -2.47. The molecule has 7 nitrogen and oxygen atoms in total. The van der Waals surface area contributed by atoms with Gasteiger partial charge in [0, 0.05) is 26.2 Å². The molecular formula is C26H31N3O4. The number of carbonyl (C=O) groups excluding carboxylic acids is 2. The Morgan fingerprint density at radius 1 is 0.727 bits per heavy atom. The molecule has 2 heterocycles. The Hall–Kier alpha value is -3.32. The van der Waals surface area contributed by atoms with Crippen LogP contribution in [0.25, 0.3) is 5.57 Å². The zero-order valence-electron chi connectivity index (χ0n) is 19.5. The van der Waals surface area contributed by atoms with E-state index in [0.29, 0.717) is 49.0 Å². The van der Waals surface area contributed by atoms with Gasteiger partial charge in [-0.05, 0) is 62.4 Å². The van der Waals surface area contributed by atoms with E-state index in [1.54, 1.807) is 24.3 Å². The second-order valence-corrected chi connectivity index (χ2v) is 7.97. The van der Waals surface area contributed by atoms with Gasteiger partial charge in [0.05, 0.1) is 24.5 Å². The molecule has 0 spiro atoms. The van der Waals surface area contributed by atoms with Crippen LogP contribution in [0, 0.1) is 0 Å². The van der Waals surface area contributed by atoms with Crippen molar-refractivity contribution >= 4 is 23.1 Å². The molecule has 0 N–H and O–H groups in total. The largest absolute Gasteiger partial charge is 0.494 e. The summed E-state index contributed by atoms with van der Waals surface area (Å²) in [6.07, 6.45) is 0. The van der Waals surface area contributed by atoms with Crippen LogP contribution in [0.5, 0.6) is 11.5 Å². The fraction of sp³-hybridized carbons (Fsp3) is 0.385. The molecule has 1 fully saturated rings. The maximum atomic E-state index is 13.7. The van der Waals surface area contributed by atoms with E-state index in [2.05, 4.69) is 16.7 Å². The lowest BCUT2D eigenvalue weighted by molar-refractivity contribution is -0.120. The van der Waals surface area contributed by atoms with Crippen molar-refractivity contribution in [3.8, 4) is 11.5 Å². The number of piperazine rings is 1. The summed E-state index contributed by atoms with van der Waals surface area (Å²) in [6, 6.07) is 14.5. The number of hydrogen-bond donors (Lipinski definition) is 0. The smallest absolute Gasteiger partial charge is 0.282 e. The van der Waals surface area contributed by atoms with Gasteiger partial charge in [0.1, 0.15) is 17.2 Å². The summed E-state index contributed by atoms with van der Waals surface area (Å²) >= 11 is 0. The van der Waals surface area contributed by atoms with Gasteiger partial charge in [0.25, 0.3) is 11.8 Å². The normalized spacial score (nSPS) is 17.2. The van der Waals surface area contributed by atoms with Gasteiger partial charge < -0.3 is 19.3 Å². The number of imide groups is 1. The quantitative estimate of drug-likeness (QED) is 0.576. The minimum absolute atomic E-state index is 0.280. The zero-order chi connectivity index (χ0) is 23.4. The number of anilines is 1. The summed E-state index contributed by atoms with van der Waals surface area (Å²) in [7, 11) is 0. The highest BCUT2D eigenvalue weighted by molar-refractivity contribution is 6.45. The molecule has 2 amide bonds. The first-order valence-electron chi connectivity index (χ1n) is 11.6. The molecule has 2 aliphatic rings. The van der Waals surface area contributed by atoms with Crippen molar-refractivity contribution in [2.75, 3.05) is 50.8 Å². The highest BCUT2D eigenvalue weighted by Crippen LogP contribution is 2.36. The van der Waals surface area contributed by atoms with Gasteiger partial charge in [0.2, 0.25) is 0 Å². The standard InChI is InChI=1S/C26H31N3O4/c1-4-27-15-17-28(18-16-27)24-23(19-7-11-21(12-8-19)32-5-2)25(30)29(26(24)31)20-9-13-22(14-10-20)33-6-3/h7-14H,4-6,15-18H2,1-3H3. The van der Waals surface area contributed by atoms with Crippen molar-refractivity contribution in [2.24, 2.45) is 0 Å². The highest BCUT2D eigenvalue weighted by Gasteiger charge is 2.43. The second kappa shape index (κ2) is 10.1. The summed E-state index contributed by atoms with van der Waals surface area (Å²) in [5.74, 6) is 0.857. The predicted octanol–water partition coefficient (Wildman–Crippen LogP) is 3.41. The first-order chi connectivity index (χ1) is 16.1. The Kier molecular flexibility index (Phi) is 6.99. The third-order valence-electron chi connectivity index (χ3n) is 6.06. The SMILES string of the molecule is CCOc1ccc(C2=C(N3CCN(CC)CC3)C(=O)N(c3ccc(OCC)cc3)C2=O)cc1. The van der Waals surface area contributed by atoms with Crippen LogP contribution in [0.3, 0.4) is 0 Å². The molecule has 2 aliphatic heterocycles. The van der Waals surface area contributed by atoms with Gasteiger partial charge in [-0.2, -0.15) is 0 Å². The van der Waals surface area contributed by atoms with Gasteiger partial charge in [-0.25, -0.2) is 4.90 Å². The van der Waals surface area contributed by atoms with Crippen molar-refractivity contribution < 1.29 is 19.1 Å². The maximum absolute atomic E-state index is 13.7. The number of ether oxygens (including phenoxy) is 2. The molecule has 0 aromatic heterocycles. The van der Waals surface area contributed by atoms with Crippen molar-refractivity contribution in [3.63, 3.8) is 0 Å². The zero-order valence-corrected chi connectivity index (χ0v) is 19.5.